The maximum atomic E-state index is 13.1. The van der Waals surface area contributed by atoms with Crippen molar-refractivity contribution < 1.29 is 23.9 Å². The number of cyclic esters (lactones) is 1. The maximum Gasteiger partial charge on any atom is 0.327 e. The van der Waals surface area contributed by atoms with E-state index in [1.807, 2.05) is 30.3 Å². The molecule has 2 heterocycles. The number of amides is 3. The zero-order chi connectivity index (χ0) is 19.0. The largest absolute Gasteiger partial charge is 0.443 e. The van der Waals surface area contributed by atoms with Crippen LogP contribution in [0.15, 0.2) is 54.6 Å². The van der Waals surface area contributed by atoms with Gasteiger partial charge >= 0.3 is 5.97 Å². The van der Waals surface area contributed by atoms with E-state index >= 15 is 0 Å². The van der Waals surface area contributed by atoms with Crippen LogP contribution >= 0.6 is 0 Å². The number of imide groups is 1. The number of fused-ring (bicyclic) bond motifs is 1. The average molecular weight is 364 g/mol. The molecule has 0 N–H and O–H groups in total. The molecular weight excluding hydrogens is 348 g/mol. The van der Waals surface area contributed by atoms with E-state index in [1.54, 1.807) is 24.3 Å². The van der Waals surface area contributed by atoms with E-state index in [-0.39, 0.29) is 30.8 Å². The number of benzene rings is 2. The van der Waals surface area contributed by atoms with Crippen LogP contribution < -0.4 is 0 Å². The van der Waals surface area contributed by atoms with E-state index in [1.165, 1.54) is 4.90 Å². The SMILES string of the molecule is O=C1CN(C(=O)[C@H](Cc2ccccc2)N2C(=O)c3ccccc3C2=O)CO1. The molecule has 2 aliphatic rings. The molecule has 0 saturated carbocycles. The first kappa shape index (κ1) is 17.0. The Morgan fingerprint density at radius 1 is 0.926 bits per heavy atom. The van der Waals surface area contributed by atoms with Gasteiger partial charge in [0.1, 0.15) is 12.6 Å². The van der Waals surface area contributed by atoms with Gasteiger partial charge in [-0.1, -0.05) is 42.5 Å². The highest BCUT2D eigenvalue weighted by Gasteiger charge is 2.44. The predicted molar refractivity (Wildman–Crippen MR) is 93.5 cm³/mol. The van der Waals surface area contributed by atoms with Crippen molar-refractivity contribution in [1.82, 2.24) is 9.80 Å². The fourth-order valence-corrected chi connectivity index (χ4v) is 3.37. The third kappa shape index (κ3) is 2.97. The van der Waals surface area contributed by atoms with Gasteiger partial charge in [-0.3, -0.25) is 29.0 Å². The average Bonchev–Trinajstić information content (AvgIpc) is 3.23. The molecule has 7 heteroatoms. The molecule has 1 saturated heterocycles. The normalized spacial score (nSPS) is 17.1. The van der Waals surface area contributed by atoms with Gasteiger partial charge in [-0.2, -0.15) is 0 Å². The lowest BCUT2D eigenvalue weighted by Gasteiger charge is -2.28. The van der Waals surface area contributed by atoms with Gasteiger partial charge in [0, 0.05) is 6.42 Å². The molecule has 0 bridgehead atoms. The van der Waals surface area contributed by atoms with Gasteiger partial charge in [0.05, 0.1) is 11.1 Å². The van der Waals surface area contributed by atoms with Crippen molar-refractivity contribution >= 4 is 23.7 Å². The lowest BCUT2D eigenvalue weighted by molar-refractivity contribution is -0.137. The van der Waals surface area contributed by atoms with Gasteiger partial charge in [0.15, 0.2) is 6.73 Å². The summed E-state index contributed by atoms with van der Waals surface area (Å²) in [6.45, 7) is -0.362. The van der Waals surface area contributed by atoms with Crippen LogP contribution in [0.5, 0.6) is 0 Å². The van der Waals surface area contributed by atoms with E-state index < -0.39 is 29.7 Å². The lowest BCUT2D eigenvalue weighted by atomic mass is 10.0. The minimum absolute atomic E-state index is 0.163. The topological polar surface area (TPSA) is 84.0 Å². The number of ether oxygens (including phenoxy) is 1. The standard InChI is InChI=1S/C20H16N2O5/c23-17-11-21(12-27-17)20(26)16(10-13-6-2-1-3-7-13)22-18(24)14-8-4-5-9-15(14)19(22)25/h1-9,16H,10-12H2/t16-/m0/s1. The molecule has 1 atom stereocenters. The Labute approximate surface area is 155 Å². The fraction of sp³-hybridized carbons (Fsp3) is 0.200. The minimum Gasteiger partial charge on any atom is -0.443 e. The molecule has 7 nitrogen and oxygen atoms in total. The number of carbonyl (C=O) groups excluding carboxylic acids is 4. The van der Waals surface area contributed by atoms with Gasteiger partial charge in [-0.15, -0.1) is 0 Å². The molecule has 0 radical (unpaired) electrons. The lowest BCUT2D eigenvalue weighted by Crippen LogP contribution is -2.51. The van der Waals surface area contributed by atoms with Crippen molar-refractivity contribution in [1.29, 1.82) is 0 Å². The minimum atomic E-state index is -1.05. The Balaban J connectivity index is 1.70. The van der Waals surface area contributed by atoms with E-state index in [0.717, 1.165) is 10.5 Å². The highest BCUT2D eigenvalue weighted by Crippen LogP contribution is 2.27. The second kappa shape index (κ2) is 6.68. The predicted octanol–water partition coefficient (Wildman–Crippen LogP) is 1.24. The number of hydrogen-bond donors (Lipinski definition) is 0. The highest BCUT2D eigenvalue weighted by molar-refractivity contribution is 6.22. The second-order valence-corrected chi connectivity index (χ2v) is 6.41. The molecule has 0 aromatic heterocycles. The quantitative estimate of drug-likeness (QED) is 0.602. The summed E-state index contributed by atoms with van der Waals surface area (Å²) in [7, 11) is 0. The first-order chi connectivity index (χ1) is 13.1. The number of rotatable bonds is 4. The number of carbonyl (C=O) groups is 4. The van der Waals surface area contributed by atoms with Crippen molar-refractivity contribution in [2.45, 2.75) is 12.5 Å². The van der Waals surface area contributed by atoms with Crippen LogP contribution in [0.2, 0.25) is 0 Å². The molecule has 0 unspecified atom stereocenters. The van der Waals surface area contributed by atoms with Crippen molar-refractivity contribution in [2.24, 2.45) is 0 Å². The molecule has 1 fully saturated rings. The molecule has 27 heavy (non-hydrogen) atoms. The molecule has 4 rings (SSSR count). The smallest absolute Gasteiger partial charge is 0.327 e. The monoisotopic (exact) mass is 364 g/mol. The van der Waals surface area contributed by atoms with E-state index in [0.29, 0.717) is 0 Å². The Morgan fingerprint density at radius 2 is 1.52 bits per heavy atom. The van der Waals surface area contributed by atoms with Gasteiger partial charge in [-0.05, 0) is 17.7 Å². The summed E-state index contributed by atoms with van der Waals surface area (Å²) in [4.78, 5) is 52.4. The zero-order valence-electron chi connectivity index (χ0n) is 14.3. The number of nitrogens with zero attached hydrogens (tertiary/aromatic N) is 2. The highest BCUT2D eigenvalue weighted by atomic mass is 16.6. The summed E-state index contributed by atoms with van der Waals surface area (Å²) in [5, 5.41) is 0. The van der Waals surface area contributed by atoms with Crippen molar-refractivity contribution in [2.75, 3.05) is 13.3 Å². The molecule has 0 spiro atoms. The maximum absolute atomic E-state index is 13.1. The zero-order valence-corrected chi connectivity index (χ0v) is 14.3. The first-order valence-corrected chi connectivity index (χ1v) is 8.51. The van der Waals surface area contributed by atoms with Crippen LogP contribution in [0, 0.1) is 0 Å². The molecule has 2 aromatic rings. The first-order valence-electron chi connectivity index (χ1n) is 8.51. The van der Waals surface area contributed by atoms with Crippen LogP contribution in [0.4, 0.5) is 0 Å². The van der Waals surface area contributed by atoms with Crippen LogP contribution in [0.25, 0.3) is 0 Å². The number of esters is 1. The summed E-state index contributed by atoms with van der Waals surface area (Å²) in [5.41, 5.74) is 1.36. The Hall–Kier alpha value is -3.48. The Bertz CT molecular complexity index is 905. The van der Waals surface area contributed by atoms with E-state index in [4.69, 9.17) is 4.74 Å². The summed E-state index contributed by atoms with van der Waals surface area (Å²) in [5.74, 6) is -2.00. The summed E-state index contributed by atoms with van der Waals surface area (Å²) < 4.78 is 4.84. The fourth-order valence-electron chi connectivity index (χ4n) is 3.37. The van der Waals surface area contributed by atoms with Crippen LogP contribution in [-0.2, 0) is 20.7 Å². The van der Waals surface area contributed by atoms with Gasteiger partial charge < -0.3 is 4.74 Å². The third-order valence-electron chi connectivity index (χ3n) is 4.71. The summed E-state index contributed by atoms with van der Waals surface area (Å²) in [6.07, 6.45) is 0.163. The van der Waals surface area contributed by atoms with E-state index in [2.05, 4.69) is 0 Å². The Kier molecular flexibility index (Phi) is 4.19. The third-order valence-corrected chi connectivity index (χ3v) is 4.71. The van der Waals surface area contributed by atoms with Gasteiger partial charge in [0.25, 0.3) is 11.8 Å². The Morgan fingerprint density at radius 3 is 2.07 bits per heavy atom. The van der Waals surface area contributed by atoms with Crippen LogP contribution in [0.3, 0.4) is 0 Å². The van der Waals surface area contributed by atoms with Gasteiger partial charge in [-0.25, -0.2) is 0 Å². The van der Waals surface area contributed by atoms with E-state index in [9.17, 15) is 19.2 Å². The molecule has 3 amide bonds. The molecule has 2 aliphatic heterocycles. The van der Waals surface area contributed by atoms with Crippen molar-refractivity contribution in [3.8, 4) is 0 Å². The van der Waals surface area contributed by atoms with Crippen LogP contribution in [0.1, 0.15) is 26.3 Å². The van der Waals surface area contributed by atoms with Gasteiger partial charge in [0.2, 0.25) is 5.91 Å². The van der Waals surface area contributed by atoms with Crippen LogP contribution in [-0.4, -0.2) is 52.8 Å². The van der Waals surface area contributed by atoms with Crippen molar-refractivity contribution in [3.63, 3.8) is 0 Å². The molecular formula is C20H16N2O5. The second-order valence-electron chi connectivity index (χ2n) is 6.41. The molecule has 2 aromatic carbocycles. The van der Waals surface area contributed by atoms with Crippen molar-refractivity contribution in [3.05, 3.63) is 71.3 Å². The molecule has 0 aliphatic carbocycles. The molecule has 136 valence electrons. The summed E-state index contributed by atoms with van der Waals surface area (Å²) >= 11 is 0. The summed E-state index contributed by atoms with van der Waals surface area (Å²) in [6, 6.07) is 14.6. The number of hydrogen-bond acceptors (Lipinski definition) is 5.